The van der Waals surface area contributed by atoms with Crippen LogP contribution < -0.4 is 0 Å². The van der Waals surface area contributed by atoms with E-state index in [1.807, 2.05) is 0 Å². The van der Waals surface area contributed by atoms with Crippen LogP contribution in [-0.4, -0.2) is 10.6 Å². The number of Topliss-reactive ketones (excluding diaryl/α,β-unsaturated/α-hetero) is 1. The summed E-state index contributed by atoms with van der Waals surface area (Å²) in [6, 6.07) is 0. The summed E-state index contributed by atoms with van der Waals surface area (Å²) in [6.45, 7) is 8.42. The molecule has 1 rings (SSSR count). The molecule has 100 valence electrons. The maximum atomic E-state index is 12.1. The Morgan fingerprint density at radius 3 is 2.53 bits per heavy atom. The van der Waals surface area contributed by atoms with Gasteiger partial charge in [-0.25, -0.2) is 0 Å². The zero-order chi connectivity index (χ0) is 13.1. The fourth-order valence-corrected chi connectivity index (χ4v) is 5.04. The zero-order valence-corrected chi connectivity index (χ0v) is 13.3. The van der Waals surface area contributed by atoms with Gasteiger partial charge >= 0.3 is 0 Å². The van der Waals surface area contributed by atoms with E-state index in [-0.39, 0.29) is 5.41 Å². The first kappa shape index (κ1) is 15.2. The van der Waals surface area contributed by atoms with Crippen LogP contribution >= 0.6 is 15.9 Å². The maximum Gasteiger partial charge on any atom is 0.137 e. The van der Waals surface area contributed by atoms with Gasteiger partial charge in [-0.1, -0.05) is 56.0 Å². The Labute approximate surface area is 115 Å². The second-order valence-corrected chi connectivity index (χ2v) is 7.11. The summed E-state index contributed by atoms with van der Waals surface area (Å²) in [5.74, 6) is 1.64. The molecule has 0 saturated heterocycles. The molecule has 0 amide bonds. The summed E-state index contributed by atoms with van der Waals surface area (Å²) in [5, 5.41) is 0. The molecule has 0 aliphatic heterocycles. The molecule has 0 spiro atoms. The monoisotopic (exact) mass is 302 g/mol. The third-order valence-electron chi connectivity index (χ3n) is 4.72. The molecule has 3 unspecified atom stereocenters. The summed E-state index contributed by atoms with van der Waals surface area (Å²) in [4.78, 5) is 12.4. The topological polar surface area (TPSA) is 17.1 Å². The highest BCUT2D eigenvalue weighted by Gasteiger charge is 2.47. The van der Waals surface area contributed by atoms with Gasteiger partial charge in [-0.3, -0.25) is 4.79 Å². The lowest BCUT2D eigenvalue weighted by Crippen LogP contribution is -2.46. The van der Waals surface area contributed by atoms with Crippen LogP contribution in [0.3, 0.4) is 0 Å². The van der Waals surface area contributed by atoms with Gasteiger partial charge in [0.25, 0.3) is 0 Å². The van der Waals surface area contributed by atoms with E-state index in [1.54, 1.807) is 6.92 Å². The van der Waals surface area contributed by atoms with Crippen molar-refractivity contribution in [2.45, 2.75) is 71.0 Å². The smallest absolute Gasteiger partial charge is 0.137 e. The summed E-state index contributed by atoms with van der Waals surface area (Å²) in [5.41, 5.74) is -0.108. The molecule has 0 N–H and O–H groups in total. The molecule has 0 heterocycles. The fraction of sp³-hybridized carbons (Fsp3) is 0.933. The molecule has 0 radical (unpaired) electrons. The van der Waals surface area contributed by atoms with Gasteiger partial charge in [-0.05, 0) is 38.0 Å². The van der Waals surface area contributed by atoms with Gasteiger partial charge in [-0.2, -0.15) is 0 Å². The number of ketones is 1. The predicted octanol–water partition coefficient (Wildman–Crippen LogP) is 4.97. The van der Waals surface area contributed by atoms with Gasteiger partial charge in [0.15, 0.2) is 0 Å². The van der Waals surface area contributed by atoms with Gasteiger partial charge in [0.05, 0.1) is 0 Å². The highest BCUT2D eigenvalue weighted by molar-refractivity contribution is 9.09. The zero-order valence-electron chi connectivity index (χ0n) is 11.8. The molecular weight excluding hydrogens is 276 g/mol. The normalized spacial score (nSPS) is 34.0. The van der Waals surface area contributed by atoms with E-state index >= 15 is 0 Å². The highest BCUT2D eigenvalue weighted by atomic mass is 79.9. The van der Waals surface area contributed by atoms with Crippen LogP contribution in [0.1, 0.15) is 66.2 Å². The number of alkyl halides is 1. The molecule has 1 aliphatic carbocycles. The molecule has 1 nitrogen and oxygen atoms in total. The van der Waals surface area contributed by atoms with Gasteiger partial charge in [0, 0.05) is 10.2 Å². The van der Waals surface area contributed by atoms with E-state index < -0.39 is 0 Å². The van der Waals surface area contributed by atoms with Crippen LogP contribution in [0.4, 0.5) is 0 Å². The fourth-order valence-electron chi connectivity index (χ4n) is 3.43. The number of unbranched alkanes of at least 4 members (excludes halogenated alkanes) is 1. The van der Waals surface area contributed by atoms with Gasteiger partial charge < -0.3 is 0 Å². The molecule has 1 saturated carbocycles. The number of halogens is 1. The average Bonchev–Trinajstić information content (AvgIpc) is 2.25. The van der Waals surface area contributed by atoms with Crippen LogP contribution in [0, 0.1) is 17.3 Å². The number of carbonyl (C=O) groups excluding carboxylic acids is 1. The van der Waals surface area contributed by atoms with Gasteiger partial charge in [0.2, 0.25) is 0 Å². The van der Waals surface area contributed by atoms with Gasteiger partial charge in [0.1, 0.15) is 5.78 Å². The van der Waals surface area contributed by atoms with Crippen LogP contribution in [0.25, 0.3) is 0 Å². The van der Waals surface area contributed by atoms with Crippen LogP contribution in [0.15, 0.2) is 0 Å². The molecule has 0 aromatic heterocycles. The first-order valence-corrected chi connectivity index (χ1v) is 8.01. The Balaban J connectivity index is 2.70. The van der Waals surface area contributed by atoms with E-state index in [1.165, 1.54) is 32.1 Å². The van der Waals surface area contributed by atoms with E-state index in [2.05, 4.69) is 36.7 Å². The Bertz CT molecular complexity index is 262. The highest BCUT2D eigenvalue weighted by Crippen LogP contribution is 2.49. The largest absolute Gasteiger partial charge is 0.299 e. The van der Waals surface area contributed by atoms with E-state index in [0.717, 1.165) is 12.3 Å². The maximum absolute atomic E-state index is 12.1. The molecule has 17 heavy (non-hydrogen) atoms. The summed E-state index contributed by atoms with van der Waals surface area (Å²) < 4.78 is 0. The summed E-state index contributed by atoms with van der Waals surface area (Å²) in [7, 11) is 0. The van der Waals surface area contributed by atoms with Crippen molar-refractivity contribution in [2.75, 3.05) is 0 Å². The molecular formula is C15H27BrO. The third kappa shape index (κ3) is 3.13. The minimum absolute atomic E-state index is 0.108. The van der Waals surface area contributed by atoms with Crippen LogP contribution in [-0.2, 0) is 4.79 Å². The Kier molecular flexibility index (Phi) is 5.69. The minimum Gasteiger partial charge on any atom is -0.299 e. The molecule has 0 aromatic carbocycles. The summed E-state index contributed by atoms with van der Waals surface area (Å²) >= 11 is 3.82. The number of hydrogen-bond donors (Lipinski definition) is 0. The van der Waals surface area contributed by atoms with E-state index in [9.17, 15) is 4.79 Å². The van der Waals surface area contributed by atoms with Crippen molar-refractivity contribution in [3.8, 4) is 0 Å². The minimum atomic E-state index is -0.108. The predicted molar refractivity (Wildman–Crippen MR) is 77.5 cm³/mol. The Morgan fingerprint density at radius 1 is 1.47 bits per heavy atom. The Morgan fingerprint density at radius 2 is 2.12 bits per heavy atom. The van der Waals surface area contributed by atoms with E-state index in [0.29, 0.717) is 16.5 Å². The number of rotatable bonds is 5. The molecule has 3 atom stereocenters. The van der Waals surface area contributed by atoms with Crippen LogP contribution in [0.2, 0.25) is 0 Å². The van der Waals surface area contributed by atoms with Crippen molar-refractivity contribution in [1.82, 2.24) is 0 Å². The quantitative estimate of drug-likeness (QED) is 0.655. The number of carbonyl (C=O) groups is 1. The second-order valence-electron chi connectivity index (χ2n) is 6.00. The first-order valence-electron chi connectivity index (χ1n) is 7.10. The molecule has 1 aliphatic rings. The molecule has 0 bridgehead atoms. The lowest BCUT2D eigenvalue weighted by molar-refractivity contribution is -0.131. The lowest BCUT2D eigenvalue weighted by Gasteiger charge is -2.45. The Hall–Kier alpha value is 0.150. The molecule has 1 fully saturated rings. The van der Waals surface area contributed by atoms with Crippen molar-refractivity contribution in [1.29, 1.82) is 0 Å². The lowest BCUT2D eigenvalue weighted by atomic mass is 9.62. The van der Waals surface area contributed by atoms with Crippen molar-refractivity contribution in [2.24, 2.45) is 17.3 Å². The van der Waals surface area contributed by atoms with Crippen molar-refractivity contribution in [3.63, 3.8) is 0 Å². The van der Waals surface area contributed by atoms with E-state index in [4.69, 9.17) is 0 Å². The molecule has 2 heteroatoms. The first-order chi connectivity index (χ1) is 7.95. The summed E-state index contributed by atoms with van der Waals surface area (Å²) in [6.07, 6.45) is 7.44. The van der Waals surface area contributed by atoms with Crippen molar-refractivity contribution in [3.05, 3.63) is 0 Å². The van der Waals surface area contributed by atoms with Gasteiger partial charge in [-0.15, -0.1) is 0 Å². The average molecular weight is 303 g/mol. The van der Waals surface area contributed by atoms with Crippen LogP contribution in [0.5, 0.6) is 0 Å². The number of hydrogen-bond acceptors (Lipinski definition) is 1. The van der Waals surface area contributed by atoms with Crippen molar-refractivity contribution >= 4 is 21.7 Å². The van der Waals surface area contributed by atoms with Crippen molar-refractivity contribution < 1.29 is 4.79 Å². The second kappa shape index (κ2) is 6.36. The standard InChI is InChI=1S/C15H27BrO/c1-5-6-7-13-8-9-15(11(2)3,12(4)17)14(16)10-13/h11,13-14H,5-10H2,1-4H3. The third-order valence-corrected chi connectivity index (χ3v) is 5.91. The SMILES string of the molecule is CCCCC1CCC(C(C)=O)(C(C)C)C(Br)C1. The molecule has 0 aromatic rings.